The molecule has 0 N–H and O–H groups in total. The molecule has 11 heavy (non-hydrogen) atoms. The van der Waals surface area contributed by atoms with Crippen molar-refractivity contribution in [2.45, 2.75) is 38.7 Å². The maximum absolute atomic E-state index is 5.71. The van der Waals surface area contributed by atoms with Crippen LogP contribution in [0.15, 0.2) is 0 Å². The Kier molecular flexibility index (Phi) is 4.70. The zero-order chi connectivity index (χ0) is 8.10. The van der Waals surface area contributed by atoms with Crippen molar-refractivity contribution in [3.63, 3.8) is 0 Å². The van der Waals surface area contributed by atoms with Gasteiger partial charge in [-0.25, -0.2) is 0 Å². The molecule has 0 aromatic rings. The Hall–Kier alpha value is 0.640. The number of rotatable bonds is 3. The smallest absolute Gasteiger partial charge is 0.277 e. The first-order chi connectivity index (χ1) is 5.33. The van der Waals surface area contributed by atoms with Gasteiger partial charge < -0.3 is 9.05 Å². The van der Waals surface area contributed by atoms with Crippen molar-refractivity contribution in [1.82, 2.24) is 0 Å². The lowest BCUT2D eigenvalue weighted by Crippen LogP contribution is -2.16. The van der Waals surface area contributed by atoms with Gasteiger partial charge in [-0.05, 0) is 24.1 Å². The van der Waals surface area contributed by atoms with E-state index in [0.717, 1.165) is 19.4 Å². The highest BCUT2D eigenvalue weighted by Crippen LogP contribution is 2.48. The first-order valence-electron chi connectivity index (χ1n) is 4.08. The molecule has 0 radical (unpaired) electrons. The molecule has 0 spiro atoms. The maximum atomic E-state index is 5.71. The second kappa shape index (κ2) is 5.31. The molecule has 2 atom stereocenters. The highest BCUT2D eigenvalue weighted by Gasteiger charge is 2.21. The summed E-state index contributed by atoms with van der Waals surface area (Å²) in [5.41, 5.74) is 0. The van der Waals surface area contributed by atoms with Crippen LogP contribution in [0.1, 0.15) is 32.6 Å². The van der Waals surface area contributed by atoms with Gasteiger partial charge in [0.25, 0.3) is 7.73 Å². The Morgan fingerprint density at radius 3 is 3.09 bits per heavy atom. The summed E-state index contributed by atoms with van der Waals surface area (Å²) >= 11 is 5.71. The van der Waals surface area contributed by atoms with Gasteiger partial charge in [-0.15, -0.1) is 0 Å². The first-order valence-corrected chi connectivity index (χ1v) is 6.16. The van der Waals surface area contributed by atoms with Crippen LogP contribution in [0, 0.1) is 0 Å². The van der Waals surface area contributed by atoms with Gasteiger partial charge in [0.15, 0.2) is 0 Å². The monoisotopic (exact) mass is 196 g/mol. The molecule has 1 heterocycles. The van der Waals surface area contributed by atoms with Crippen LogP contribution >= 0.6 is 19.0 Å². The van der Waals surface area contributed by atoms with Crippen LogP contribution in [-0.2, 0) is 9.05 Å². The van der Waals surface area contributed by atoms with Crippen molar-refractivity contribution in [2.75, 3.05) is 6.61 Å². The number of hydrogen-bond acceptors (Lipinski definition) is 2. The predicted molar refractivity (Wildman–Crippen MR) is 47.7 cm³/mol. The Bertz CT molecular complexity index is 113. The second-order valence-corrected chi connectivity index (χ2v) is 4.43. The summed E-state index contributed by atoms with van der Waals surface area (Å²) in [7, 11) is -1.08. The Morgan fingerprint density at radius 1 is 1.64 bits per heavy atom. The van der Waals surface area contributed by atoms with Crippen LogP contribution in [0.2, 0.25) is 0 Å². The van der Waals surface area contributed by atoms with E-state index in [0.29, 0.717) is 6.10 Å². The third-order valence-electron chi connectivity index (χ3n) is 1.74. The van der Waals surface area contributed by atoms with Gasteiger partial charge in [0.1, 0.15) is 0 Å². The van der Waals surface area contributed by atoms with E-state index in [1.165, 1.54) is 12.8 Å². The van der Waals surface area contributed by atoms with Crippen molar-refractivity contribution in [2.24, 2.45) is 0 Å². The van der Waals surface area contributed by atoms with E-state index >= 15 is 0 Å². The van der Waals surface area contributed by atoms with Crippen molar-refractivity contribution < 1.29 is 9.05 Å². The van der Waals surface area contributed by atoms with Gasteiger partial charge in [-0.1, -0.05) is 19.8 Å². The topological polar surface area (TPSA) is 18.5 Å². The standard InChI is InChI=1S/C7H14ClO2P/c1-2-3-4-7-5-6-9-11(8)10-7/h7H,2-6H2,1H3. The molecule has 0 aromatic carbocycles. The third kappa shape index (κ3) is 3.71. The summed E-state index contributed by atoms with van der Waals surface area (Å²) in [5.74, 6) is 0. The quantitative estimate of drug-likeness (QED) is 0.644. The van der Waals surface area contributed by atoms with E-state index in [1.54, 1.807) is 0 Å². The molecule has 66 valence electrons. The largest absolute Gasteiger partial charge is 0.322 e. The van der Waals surface area contributed by atoms with Crippen LogP contribution in [0.25, 0.3) is 0 Å². The van der Waals surface area contributed by atoms with Crippen LogP contribution in [0.5, 0.6) is 0 Å². The van der Waals surface area contributed by atoms with Gasteiger partial charge in [0.05, 0.1) is 12.7 Å². The molecule has 0 saturated carbocycles. The van der Waals surface area contributed by atoms with E-state index in [1.807, 2.05) is 0 Å². The lowest BCUT2D eigenvalue weighted by molar-refractivity contribution is 0.107. The average Bonchev–Trinajstić information content (AvgIpc) is 2.01. The summed E-state index contributed by atoms with van der Waals surface area (Å²) < 4.78 is 10.5. The highest BCUT2D eigenvalue weighted by molar-refractivity contribution is 7.76. The molecule has 1 rings (SSSR count). The molecule has 1 aliphatic rings. The van der Waals surface area contributed by atoms with Gasteiger partial charge >= 0.3 is 0 Å². The number of halogens is 1. The van der Waals surface area contributed by atoms with Crippen molar-refractivity contribution in [3.05, 3.63) is 0 Å². The highest BCUT2D eigenvalue weighted by atomic mass is 35.7. The van der Waals surface area contributed by atoms with E-state index < -0.39 is 7.73 Å². The Labute approximate surface area is 73.9 Å². The molecule has 1 saturated heterocycles. The molecule has 0 aliphatic carbocycles. The molecule has 1 aliphatic heterocycles. The number of unbranched alkanes of at least 4 members (excludes halogenated alkanes) is 1. The van der Waals surface area contributed by atoms with E-state index in [9.17, 15) is 0 Å². The van der Waals surface area contributed by atoms with Crippen LogP contribution in [-0.4, -0.2) is 12.7 Å². The molecule has 2 unspecified atom stereocenters. The molecule has 2 nitrogen and oxygen atoms in total. The normalized spacial score (nSPS) is 32.2. The molecule has 0 bridgehead atoms. The summed E-state index contributed by atoms with van der Waals surface area (Å²) in [5, 5.41) is 0. The maximum Gasteiger partial charge on any atom is 0.277 e. The summed E-state index contributed by atoms with van der Waals surface area (Å²) in [4.78, 5) is 0. The summed E-state index contributed by atoms with van der Waals surface area (Å²) in [6.07, 6.45) is 4.94. The Morgan fingerprint density at radius 2 is 2.45 bits per heavy atom. The molecular weight excluding hydrogens is 183 g/mol. The van der Waals surface area contributed by atoms with Crippen molar-refractivity contribution in [3.8, 4) is 0 Å². The minimum absolute atomic E-state index is 0.354. The summed E-state index contributed by atoms with van der Waals surface area (Å²) in [6.45, 7) is 2.95. The predicted octanol–water partition coefficient (Wildman–Crippen LogP) is 3.45. The van der Waals surface area contributed by atoms with Gasteiger partial charge in [-0.3, -0.25) is 0 Å². The summed E-state index contributed by atoms with van der Waals surface area (Å²) in [6, 6.07) is 0. The van der Waals surface area contributed by atoms with Gasteiger partial charge in [0.2, 0.25) is 0 Å². The fraction of sp³-hybridized carbons (Fsp3) is 1.00. The van der Waals surface area contributed by atoms with E-state index in [2.05, 4.69) is 6.92 Å². The number of hydrogen-bond donors (Lipinski definition) is 0. The SMILES string of the molecule is CCCCC1CCOP(Cl)O1. The second-order valence-electron chi connectivity index (χ2n) is 2.70. The lowest BCUT2D eigenvalue weighted by atomic mass is 10.1. The molecule has 0 aromatic heterocycles. The molecule has 0 amide bonds. The fourth-order valence-corrected chi connectivity index (χ4v) is 2.39. The first kappa shape index (κ1) is 9.73. The minimum atomic E-state index is -1.08. The van der Waals surface area contributed by atoms with E-state index in [-0.39, 0.29) is 0 Å². The Balaban J connectivity index is 2.12. The minimum Gasteiger partial charge on any atom is -0.322 e. The van der Waals surface area contributed by atoms with Gasteiger partial charge in [-0.2, -0.15) is 0 Å². The third-order valence-corrected chi connectivity index (χ3v) is 3.13. The van der Waals surface area contributed by atoms with Crippen molar-refractivity contribution >= 4 is 19.0 Å². The van der Waals surface area contributed by atoms with Crippen LogP contribution < -0.4 is 0 Å². The molecular formula is C7H14ClO2P. The zero-order valence-corrected chi connectivity index (χ0v) is 8.40. The van der Waals surface area contributed by atoms with Crippen molar-refractivity contribution in [1.29, 1.82) is 0 Å². The van der Waals surface area contributed by atoms with Crippen LogP contribution in [0.3, 0.4) is 0 Å². The molecule has 4 heteroatoms. The molecule has 1 fully saturated rings. The van der Waals surface area contributed by atoms with E-state index in [4.69, 9.17) is 20.3 Å². The average molecular weight is 197 g/mol. The fourth-order valence-electron chi connectivity index (χ4n) is 1.09. The van der Waals surface area contributed by atoms with Crippen LogP contribution in [0.4, 0.5) is 0 Å². The zero-order valence-electron chi connectivity index (χ0n) is 6.75. The lowest BCUT2D eigenvalue weighted by Gasteiger charge is -2.24. The van der Waals surface area contributed by atoms with Gasteiger partial charge in [0, 0.05) is 0 Å².